The predicted molar refractivity (Wildman–Crippen MR) is 76.2 cm³/mol. The molecule has 6 heteroatoms. The van der Waals surface area contributed by atoms with Crippen LogP contribution in [-0.2, 0) is 4.79 Å². The zero-order chi connectivity index (χ0) is 14.9. The Morgan fingerprint density at radius 2 is 2.20 bits per heavy atom. The van der Waals surface area contributed by atoms with Crippen LogP contribution in [0.4, 0.5) is 5.82 Å². The summed E-state index contributed by atoms with van der Waals surface area (Å²) in [7, 11) is 0. The van der Waals surface area contributed by atoms with Crippen molar-refractivity contribution in [1.82, 2.24) is 15.2 Å². The number of hydrogen-bond acceptors (Lipinski definition) is 4. The van der Waals surface area contributed by atoms with E-state index in [2.05, 4.69) is 10.3 Å². The predicted octanol–water partition coefficient (Wildman–Crippen LogP) is 0.748. The largest absolute Gasteiger partial charge is 0.384 e. The van der Waals surface area contributed by atoms with E-state index in [0.29, 0.717) is 24.5 Å². The average Bonchev–Trinajstić information content (AvgIpc) is 2.40. The number of nitrogen functional groups attached to an aromatic ring is 1. The molecule has 108 valence electrons. The molecule has 1 aromatic heterocycles. The molecule has 1 aliphatic rings. The van der Waals surface area contributed by atoms with Gasteiger partial charge in [0, 0.05) is 24.3 Å². The van der Waals surface area contributed by atoms with Crippen molar-refractivity contribution in [2.45, 2.75) is 32.7 Å². The normalized spacial score (nSPS) is 19.1. The average molecular weight is 276 g/mol. The number of carbonyl (C=O) groups excluding carboxylic acids is 2. The second kappa shape index (κ2) is 5.48. The lowest BCUT2D eigenvalue weighted by Gasteiger charge is -2.33. The van der Waals surface area contributed by atoms with Gasteiger partial charge in [-0.05, 0) is 25.0 Å². The van der Waals surface area contributed by atoms with Crippen LogP contribution < -0.4 is 11.1 Å². The number of nitrogens with one attached hydrogen (secondary N) is 1. The molecule has 0 bridgehead atoms. The van der Waals surface area contributed by atoms with Gasteiger partial charge in [0.25, 0.3) is 5.91 Å². The molecule has 1 atom stereocenters. The van der Waals surface area contributed by atoms with E-state index in [9.17, 15) is 9.59 Å². The maximum absolute atomic E-state index is 12.5. The van der Waals surface area contributed by atoms with Crippen LogP contribution in [0, 0.1) is 0 Å². The lowest BCUT2D eigenvalue weighted by Crippen LogP contribution is -2.55. The first-order chi connectivity index (χ1) is 9.40. The molecule has 0 spiro atoms. The highest BCUT2D eigenvalue weighted by Gasteiger charge is 2.30. The van der Waals surface area contributed by atoms with E-state index in [-0.39, 0.29) is 17.7 Å². The van der Waals surface area contributed by atoms with E-state index in [1.54, 1.807) is 24.0 Å². The molecule has 2 amide bonds. The fourth-order valence-corrected chi connectivity index (χ4v) is 2.22. The summed E-state index contributed by atoms with van der Waals surface area (Å²) in [6.45, 7) is 6.69. The Hall–Kier alpha value is -2.11. The Morgan fingerprint density at radius 3 is 2.85 bits per heavy atom. The highest BCUT2D eigenvalue weighted by Crippen LogP contribution is 2.18. The van der Waals surface area contributed by atoms with Gasteiger partial charge in [0.2, 0.25) is 5.91 Å². The van der Waals surface area contributed by atoms with E-state index >= 15 is 0 Å². The van der Waals surface area contributed by atoms with Gasteiger partial charge in [0.05, 0.1) is 0 Å². The van der Waals surface area contributed by atoms with E-state index < -0.39 is 6.04 Å². The highest BCUT2D eigenvalue weighted by atomic mass is 16.2. The number of carbonyl (C=O) groups is 2. The second-order valence-corrected chi connectivity index (χ2v) is 5.33. The van der Waals surface area contributed by atoms with Crippen molar-refractivity contribution in [3.05, 3.63) is 23.4 Å². The van der Waals surface area contributed by atoms with Crippen molar-refractivity contribution >= 4 is 17.6 Å². The molecule has 2 heterocycles. The van der Waals surface area contributed by atoms with Crippen LogP contribution in [-0.4, -0.2) is 40.8 Å². The Bertz CT molecular complexity index is 542. The minimum atomic E-state index is -0.465. The Morgan fingerprint density at radius 1 is 1.50 bits per heavy atom. The monoisotopic (exact) mass is 276 g/mol. The third-order valence-electron chi connectivity index (χ3n) is 3.46. The molecule has 1 aromatic rings. The topological polar surface area (TPSA) is 88.3 Å². The fourth-order valence-electron chi connectivity index (χ4n) is 2.22. The second-order valence-electron chi connectivity index (χ2n) is 5.33. The molecule has 0 saturated carbocycles. The number of hydrogen-bond donors (Lipinski definition) is 2. The molecule has 0 radical (unpaired) electrons. The zero-order valence-corrected chi connectivity index (χ0v) is 12.0. The van der Waals surface area contributed by atoms with Gasteiger partial charge >= 0.3 is 0 Å². The van der Waals surface area contributed by atoms with Crippen molar-refractivity contribution in [3.63, 3.8) is 0 Å². The van der Waals surface area contributed by atoms with Gasteiger partial charge in [-0.3, -0.25) is 9.59 Å². The molecule has 1 fully saturated rings. The summed E-state index contributed by atoms with van der Waals surface area (Å²) >= 11 is 0. The maximum atomic E-state index is 12.5. The number of pyridine rings is 1. The van der Waals surface area contributed by atoms with Crippen LogP contribution in [0.3, 0.4) is 0 Å². The van der Waals surface area contributed by atoms with Crippen molar-refractivity contribution in [2.24, 2.45) is 0 Å². The molecule has 1 unspecified atom stereocenters. The number of amides is 2. The Balaban J connectivity index is 2.31. The SMILES string of the molecule is CC(C)c1cc(C(=O)N2CCNC(=O)C2C)cc(N)n1. The van der Waals surface area contributed by atoms with Gasteiger partial charge in [-0.15, -0.1) is 0 Å². The third-order valence-corrected chi connectivity index (χ3v) is 3.46. The fraction of sp³-hybridized carbons (Fsp3) is 0.500. The molecule has 20 heavy (non-hydrogen) atoms. The van der Waals surface area contributed by atoms with Crippen molar-refractivity contribution in [1.29, 1.82) is 0 Å². The molecule has 2 rings (SSSR count). The van der Waals surface area contributed by atoms with Gasteiger partial charge in [0.1, 0.15) is 11.9 Å². The summed E-state index contributed by atoms with van der Waals surface area (Å²) in [6.07, 6.45) is 0. The summed E-state index contributed by atoms with van der Waals surface area (Å²) in [5.74, 6) is 0.208. The number of nitrogens with two attached hydrogens (primary N) is 1. The van der Waals surface area contributed by atoms with E-state index in [1.165, 1.54) is 0 Å². The number of aromatic nitrogens is 1. The third kappa shape index (κ3) is 2.74. The lowest BCUT2D eigenvalue weighted by atomic mass is 10.1. The van der Waals surface area contributed by atoms with E-state index in [0.717, 1.165) is 5.69 Å². The summed E-state index contributed by atoms with van der Waals surface area (Å²) < 4.78 is 0. The van der Waals surface area contributed by atoms with Gasteiger partial charge in [-0.2, -0.15) is 0 Å². The maximum Gasteiger partial charge on any atom is 0.254 e. The molecule has 0 aliphatic carbocycles. The summed E-state index contributed by atoms with van der Waals surface area (Å²) in [4.78, 5) is 30.0. The van der Waals surface area contributed by atoms with Gasteiger partial charge in [-0.25, -0.2) is 4.98 Å². The summed E-state index contributed by atoms with van der Waals surface area (Å²) in [5.41, 5.74) is 7.03. The quantitative estimate of drug-likeness (QED) is 0.834. The van der Waals surface area contributed by atoms with Crippen LogP contribution in [0.25, 0.3) is 0 Å². The molecule has 6 nitrogen and oxygen atoms in total. The highest BCUT2D eigenvalue weighted by molar-refractivity contribution is 5.98. The van der Waals surface area contributed by atoms with Crippen LogP contribution in [0.1, 0.15) is 42.7 Å². The molecular formula is C14H20N4O2. The standard InChI is InChI=1S/C14H20N4O2/c1-8(2)11-6-10(7-12(15)17-11)14(20)18-5-4-16-13(19)9(18)3/h6-9H,4-5H2,1-3H3,(H2,15,17)(H,16,19). The first kappa shape index (κ1) is 14.3. The van der Waals surface area contributed by atoms with E-state index in [4.69, 9.17) is 5.73 Å². The minimum absolute atomic E-state index is 0.129. The molecule has 0 aromatic carbocycles. The smallest absolute Gasteiger partial charge is 0.254 e. The van der Waals surface area contributed by atoms with Crippen molar-refractivity contribution in [3.8, 4) is 0 Å². The summed E-state index contributed by atoms with van der Waals surface area (Å²) in [5, 5.41) is 2.74. The molecule has 1 saturated heterocycles. The number of anilines is 1. The Kier molecular flexibility index (Phi) is 3.92. The van der Waals surface area contributed by atoms with Crippen LogP contribution >= 0.6 is 0 Å². The molecular weight excluding hydrogens is 256 g/mol. The number of rotatable bonds is 2. The van der Waals surface area contributed by atoms with Gasteiger partial charge in [-0.1, -0.05) is 13.8 Å². The zero-order valence-electron chi connectivity index (χ0n) is 12.0. The first-order valence-corrected chi connectivity index (χ1v) is 6.76. The van der Waals surface area contributed by atoms with Crippen LogP contribution in [0.15, 0.2) is 12.1 Å². The van der Waals surface area contributed by atoms with Crippen LogP contribution in [0.2, 0.25) is 0 Å². The van der Waals surface area contributed by atoms with Crippen molar-refractivity contribution < 1.29 is 9.59 Å². The Labute approximate surface area is 118 Å². The van der Waals surface area contributed by atoms with E-state index in [1.807, 2.05) is 13.8 Å². The molecule has 1 aliphatic heterocycles. The lowest BCUT2D eigenvalue weighted by molar-refractivity contribution is -0.127. The first-order valence-electron chi connectivity index (χ1n) is 6.76. The van der Waals surface area contributed by atoms with Gasteiger partial charge in [0.15, 0.2) is 0 Å². The number of piperazine rings is 1. The number of nitrogens with zero attached hydrogens (tertiary/aromatic N) is 2. The van der Waals surface area contributed by atoms with Crippen LogP contribution in [0.5, 0.6) is 0 Å². The minimum Gasteiger partial charge on any atom is -0.384 e. The van der Waals surface area contributed by atoms with Gasteiger partial charge < -0.3 is 16.0 Å². The van der Waals surface area contributed by atoms with Crippen molar-refractivity contribution in [2.75, 3.05) is 18.8 Å². The summed E-state index contributed by atoms with van der Waals surface area (Å²) in [6, 6.07) is 2.85. The molecule has 3 N–H and O–H groups in total.